The first-order valence-corrected chi connectivity index (χ1v) is 3.78. The minimum atomic E-state index is -0.156. The molecule has 0 aromatic heterocycles. The van der Waals surface area contributed by atoms with Crippen LogP contribution in [0.3, 0.4) is 0 Å². The zero-order chi connectivity index (χ0) is 8.97. The van der Waals surface area contributed by atoms with Gasteiger partial charge in [0.25, 0.3) is 0 Å². The maximum Gasteiger partial charge on any atom is 0.320 e. The van der Waals surface area contributed by atoms with E-state index in [-0.39, 0.29) is 6.04 Å². The number of carbonyl (C=O) groups excluding carboxylic acids is 1. The van der Waals surface area contributed by atoms with Crippen molar-refractivity contribution < 1.29 is 4.79 Å². The quantitative estimate of drug-likeness (QED) is 0.462. The third-order valence-electron chi connectivity index (χ3n) is 1.41. The monoisotopic (exact) mass is 164 g/mol. The molecule has 0 aromatic carbocycles. The molecule has 12 heavy (non-hydrogen) atoms. The van der Waals surface area contributed by atoms with Crippen molar-refractivity contribution in [3.8, 4) is 11.8 Å². The van der Waals surface area contributed by atoms with Gasteiger partial charge in [-0.25, -0.2) is 5.43 Å². The fourth-order valence-electron chi connectivity index (χ4n) is 0.753. The predicted octanol–water partition coefficient (Wildman–Crippen LogP) is 0.0317. The summed E-state index contributed by atoms with van der Waals surface area (Å²) < 4.78 is 0. The molecule has 1 N–H and O–H groups in total. The highest BCUT2D eigenvalue weighted by molar-refractivity contribution is 5.96. The van der Waals surface area contributed by atoms with Gasteiger partial charge in [-0.1, -0.05) is 12.8 Å². The molecule has 0 bridgehead atoms. The summed E-state index contributed by atoms with van der Waals surface area (Å²) in [6.45, 7) is 3.79. The summed E-state index contributed by atoms with van der Waals surface area (Å²) in [4.78, 5) is 11.7. The van der Waals surface area contributed by atoms with Crippen LogP contribution in [0.2, 0.25) is 0 Å². The van der Waals surface area contributed by atoms with E-state index in [9.17, 15) is 4.79 Å². The zero-order valence-corrected chi connectivity index (χ0v) is 7.09. The van der Waals surface area contributed by atoms with Gasteiger partial charge in [-0.05, 0) is 6.92 Å². The van der Waals surface area contributed by atoms with Crippen molar-refractivity contribution in [2.24, 2.45) is 5.10 Å². The lowest BCUT2D eigenvalue weighted by Crippen LogP contribution is -2.34. The van der Waals surface area contributed by atoms with Gasteiger partial charge in [-0.15, -0.1) is 11.0 Å². The summed E-state index contributed by atoms with van der Waals surface area (Å²) >= 11 is 0. The first-order chi connectivity index (χ1) is 5.79. The van der Waals surface area contributed by atoms with Crippen molar-refractivity contribution in [3.05, 3.63) is 0 Å². The van der Waals surface area contributed by atoms with Crippen molar-refractivity contribution in [2.45, 2.75) is 26.3 Å². The van der Waals surface area contributed by atoms with E-state index >= 15 is 0 Å². The molecule has 0 spiro atoms. The smallest absolute Gasteiger partial charge is 0.263 e. The van der Waals surface area contributed by atoms with Crippen LogP contribution in [0.4, 0.5) is 0 Å². The number of hydrogen-bond donors (Lipinski definition) is 1. The number of guanidine groups is 1. The van der Waals surface area contributed by atoms with Crippen LogP contribution in [-0.2, 0) is 4.79 Å². The second kappa shape index (κ2) is 3.77. The molecule has 0 fully saturated rings. The molecule has 1 radical (unpaired) electrons. The highest BCUT2D eigenvalue weighted by Gasteiger charge is 2.23. The van der Waals surface area contributed by atoms with Gasteiger partial charge in [0.15, 0.2) is 0 Å². The Labute approximate surface area is 71.6 Å². The van der Waals surface area contributed by atoms with Crippen LogP contribution < -0.4 is 5.43 Å². The number of hydrazone groups is 1. The highest BCUT2D eigenvalue weighted by atomic mass is 16.1. The normalized spacial score (nSPS) is 14.7. The molecule has 1 heterocycles. The van der Waals surface area contributed by atoms with Crippen molar-refractivity contribution in [2.75, 3.05) is 0 Å². The van der Waals surface area contributed by atoms with Gasteiger partial charge < -0.3 is 0 Å². The Balaban J connectivity index is 2.52. The van der Waals surface area contributed by atoms with Gasteiger partial charge in [0.05, 0.1) is 6.04 Å². The Hall–Kier alpha value is -1.50. The Morgan fingerprint density at radius 1 is 1.75 bits per heavy atom. The molecule has 1 rings (SSSR count). The third kappa shape index (κ3) is 1.99. The largest absolute Gasteiger partial charge is 0.320 e. The van der Waals surface area contributed by atoms with Gasteiger partial charge in [-0.3, -0.25) is 9.69 Å². The van der Waals surface area contributed by atoms with Crippen molar-refractivity contribution in [3.63, 3.8) is 0 Å². The van der Waals surface area contributed by atoms with Gasteiger partial charge in [0.1, 0.15) is 0 Å². The molecule has 0 saturated carbocycles. The lowest BCUT2D eigenvalue weighted by atomic mass is 10.3. The molecule has 4 nitrogen and oxygen atoms in total. The maximum absolute atomic E-state index is 10.4. The molecule has 1 unspecified atom stereocenters. The summed E-state index contributed by atoms with van der Waals surface area (Å²) in [5, 5.41) is 3.66. The molecule has 0 aliphatic carbocycles. The highest BCUT2D eigenvalue weighted by Crippen LogP contribution is 2.00. The van der Waals surface area contributed by atoms with Crippen LogP contribution in [0.15, 0.2) is 5.10 Å². The number of amides is 1. The van der Waals surface area contributed by atoms with Crippen LogP contribution in [-0.4, -0.2) is 23.3 Å². The molecule has 0 aromatic rings. The van der Waals surface area contributed by atoms with Crippen molar-refractivity contribution in [1.82, 2.24) is 10.3 Å². The van der Waals surface area contributed by atoms with Crippen LogP contribution in [0, 0.1) is 11.8 Å². The van der Waals surface area contributed by atoms with Gasteiger partial charge in [0.2, 0.25) is 5.96 Å². The van der Waals surface area contributed by atoms with E-state index in [1.54, 1.807) is 6.41 Å². The fourth-order valence-corrected chi connectivity index (χ4v) is 0.753. The van der Waals surface area contributed by atoms with Gasteiger partial charge in [0, 0.05) is 6.42 Å². The summed E-state index contributed by atoms with van der Waals surface area (Å²) in [7, 11) is 0. The van der Waals surface area contributed by atoms with E-state index in [1.165, 1.54) is 4.90 Å². The van der Waals surface area contributed by atoms with Crippen LogP contribution in [0.25, 0.3) is 0 Å². The molecule has 1 aliphatic heterocycles. The average molecular weight is 164 g/mol. The zero-order valence-electron chi connectivity index (χ0n) is 7.09. The van der Waals surface area contributed by atoms with E-state index in [2.05, 4.69) is 22.4 Å². The fraction of sp³-hybridized carbons (Fsp3) is 0.500. The van der Waals surface area contributed by atoms with Gasteiger partial charge in [-0.2, -0.15) is 0 Å². The lowest BCUT2D eigenvalue weighted by Gasteiger charge is -2.12. The van der Waals surface area contributed by atoms with Gasteiger partial charge >= 0.3 is 6.41 Å². The summed E-state index contributed by atoms with van der Waals surface area (Å²) in [6.07, 6.45) is 2.55. The number of nitrogens with one attached hydrogen (secondary N) is 1. The standard InChI is InChI=1S/C8H10N3O/c1-3-4-5-7(2)11(6-12)8-9-10-8/h7H,3H2,1-2H3,(H,9,10). The minimum Gasteiger partial charge on any atom is -0.263 e. The molecule has 1 amide bonds. The second-order valence-electron chi connectivity index (χ2n) is 2.36. The molecule has 4 heteroatoms. The number of rotatable bonds is 2. The summed E-state index contributed by atoms with van der Waals surface area (Å²) in [6, 6.07) is -0.156. The van der Waals surface area contributed by atoms with Crippen molar-refractivity contribution in [1.29, 1.82) is 0 Å². The SMILES string of the molecule is CCC#CC(C)N([C]=O)C1=NN1. The maximum atomic E-state index is 10.4. The van der Waals surface area contributed by atoms with E-state index in [0.717, 1.165) is 6.42 Å². The van der Waals surface area contributed by atoms with Crippen LogP contribution >= 0.6 is 0 Å². The Bertz CT molecular complexity index is 261. The Morgan fingerprint density at radius 2 is 2.42 bits per heavy atom. The van der Waals surface area contributed by atoms with Crippen LogP contribution in [0.5, 0.6) is 0 Å². The second-order valence-corrected chi connectivity index (χ2v) is 2.36. The lowest BCUT2D eigenvalue weighted by molar-refractivity contribution is 0.467. The van der Waals surface area contributed by atoms with E-state index < -0.39 is 0 Å². The molecular weight excluding hydrogens is 154 g/mol. The third-order valence-corrected chi connectivity index (χ3v) is 1.41. The van der Waals surface area contributed by atoms with E-state index in [0.29, 0.717) is 5.96 Å². The molecule has 1 atom stereocenters. The average Bonchev–Trinajstić information content (AvgIpc) is 2.86. The van der Waals surface area contributed by atoms with E-state index in [1.807, 2.05) is 13.8 Å². The predicted molar refractivity (Wildman–Crippen MR) is 45.6 cm³/mol. The molecular formula is C8H10N3O. The van der Waals surface area contributed by atoms with E-state index in [4.69, 9.17) is 0 Å². The molecule has 63 valence electrons. The molecule has 0 saturated heterocycles. The van der Waals surface area contributed by atoms with Crippen LogP contribution in [0.1, 0.15) is 20.3 Å². The summed E-state index contributed by atoms with van der Waals surface area (Å²) in [5.41, 5.74) is 2.58. The first-order valence-electron chi connectivity index (χ1n) is 3.78. The number of hydrogen-bond acceptors (Lipinski definition) is 3. The first kappa shape index (κ1) is 8.60. The molecule has 1 aliphatic rings. The topological polar surface area (TPSA) is 54.6 Å². The van der Waals surface area contributed by atoms with Crippen molar-refractivity contribution >= 4 is 12.4 Å². The Morgan fingerprint density at radius 3 is 2.83 bits per heavy atom. The number of nitrogens with zero attached hydrogens (tertiary/aromatic N) is 2. The summed E-state index contributed by atoms with van der Waals surface area (Å²) in [5.74, 6) is 6.33. The minimum absolute atomic E-state index is 0.156. The Kier molecular flexibility index (Phi) is 2.70.